The van der Waals surface area contributed by atoms with Gasteiger partial charge in [-0.1, -0.05) is 0 Å². The second-order valence-corrected chi connectivity index (χ2v) is 6.65. The molecule has 8 nitrogen and oxygen atoms in total. The van der Waals surface area contributed by atoms with E-state index in [9.17, 15) is 22.8 Å². The monoisotopic (exact) mass is 444 g/mol. The third-order valence-corrected chi connectivity index (χ3v) is 4.38. The molecule has 0 aliphatic carbocycles. The Balaban J connectivity index is 1.51. The summed E-state index contributed by atoms with van der Waals surface area (Å²) >= 11 is 0. The molecule has 0 aliphatic rings. The molecule has 0 spiro atoms. The average Bonchev–Trinajstić information content (AvgIpc) is 3.51. The first-order valence-electron chi connectivity index (χ1n) is 9.22. The Morgan fingerprint density at radius 2 is 1.91 bits per heavy atom. The molecule has 1 aromatic carbocycles. The lowest BCUT2D eigenvalue weighted by atomic mass is 10.1. The maximum Gasteiger partial charge on any atom is 0.418 e. The molecule has 2 amide bonds. The van der Waals surface area contributed by atoms with E-state index < -0.39 is 29.2 Å². The molecule has 0 aliphatic heterocycles. The molecule has 0 fully saturated rings. The summed E-state index contributed by atoms with van der Waals surface area (Å²) < 4.78 is 52.6. The molecule has 4 rings (SSSR count). The van der Waals surface area contributed by atoms with Crippen LogP contribution in [-0.2, 0) is 12.7 Å². The largest absolute Gasteiger partial charge is 0.472 e. The van der Waals surface area contributed by atoms with E-state index in [1.165, 1.54) is 36.8 Å². The maximum atomic E-state index is 13.6. The maximum absolute atomic E-state index is 13.6. The number of hydrogen-bond acceptors (Lipinski definition) is 5. The van der Waals surface area contributed by atoms with Gasteiger partial charge in [0.2, 0.25) is 0 Å². The fourth-order valence-corrected chi connectivity index (χ4v) is 2.88. The number of carbonyl (C=O) groups is 2. The Bertz CT molecular complexity index is 1230. The van der Waals surface area contributed by atoms with Gasteiger partial charge in [-0.3, -0.25) is 14.3 Å². The van der Waals surface area contributed by atoms with E-state index in [1.807, 2.05) is 0 Å². The van der Waals surface area contributed by atoms with E-state index in [4.69, 9.17) is 8.83 Å². The molecule has 4 aromatic rings. The summed E-state index contributed by atoms with van der Waals surface area (Å²) in [6, 6.07) is 9.03. The normalized spacial score (nSPS) is 11.3. The Morgan fingerprint density at radius 1 is 1.06 bits per heavy atom. The lowest BCUT2D eigenvalue weighted by Gasteiger charge is -2.15. The van der Waals surface area contributed by atoms with Gasteiger partial charge in [-0.05, 0) is 42.5 Å². The number of benzene rings is 1. The number of halogens is 3. The van der Waals surface area contributed by atoms with Crippen molar-refractivity contribution in [3.8, 4) is 0 Å². The molecule has 0 bridgehead atoms. The summed E-state index contributed by atoms with van der Waals surface area (Å²) in [4.78, 5) is 24.5. The van der Waals surface area contributed by atoms with Crippen molar-refractivity contribution < 1.29 is 31.6 Å². The van der Waals surface area contributed by atoms with Gasteiger partial charge in [0.25, 0.3) is 11.8 Å². The van der Waals surface area contributed by atoms with E-state index in [1.54, 1.807) is 23.1 Å². The second-order valence-electron chi connectivity index (χ2n) is 6.65. The van der Waals surface area contributed by atoms with Gasteiger partial charge in [-0.25, -0.2) is 0 Å². The topological polar surface area (TPSA) is 102 Å². The third-order valence-electron chi connectivity index (χ3n) is 4.38. The van der Waals surface area contributed by atoms with Crippen LogP contribution < -0.4 is 10.6 Å². The zero-order valence-corrected chi connectivity index (χ0v) is 16.2. The first-order valence-corrected chi connectivity index (χ1v) is 9.22. The van der Waals surface area contributed by atoms with E-state index in [-0.39, 0.29) is 23.6 Å². The number of furan rings is 2. The van der Waals surface area contributed by atoms with Gasteiger partial charge < -0.3 is 19.5 Å². The van der Waals surface area contributed by atoms with Crippen molar-refractivity contribution in [2.45, 2.75) is 12.7 Å². The van der Waals surface area contributed by atoms with Gasteiger partial charge in [-0.15, -0.1) is 0 Å². The molecule has 32 heavy (non-hydrogen) atoms. The number of hydrogen-bond donors (Lipinski definition) is 2. The van der Waals surface area contributed by atoms with Crippen LogP contribution in [0.15, 0.2) is 76.2 Å². The molecule has 0 saturated heterocycles. The second kappa shape index (κ2) is 8.46. The van der Waals surface area contributed by atoms with E-state index in [0.717, 1.165) is 12.1 Å². The summed E-state index contributed by atoms with van der Waals surface area (Å²) in [6.45, 7) is 0.263. The van der Waals surface area contributed by atoms with E-state index in [2.05, 4.69) is 15.7 Å². The predicted octanol–water partition coefficient (Wildman–Crippen LogP) is 4.64. The number of rotatable bonds is 6. The lowest BCUT2D eigenvalue weighted by molar-refractivity contribution is -0.136. The minimum atomic E-state index is -4.78. The van der Waals surface area contributed by atoms with Gasteiger partial charge in [-0.2, -0.15) is 18.3 Å². The standard InChI is InChI=1S/C21H15F3N4O4/c22-21(23,24)16-10-14(26-19(29)13-6-9-31-12-13)2-4-17(16)27-20(30)18-5-3-15(32-18)11-28-8-1-7-25-28/h1-10,12H,11H2,(H,26,29)(H,27,30). The molecule has 0 unspecified atom stereocenters. The molecule has 0 atom stereocenters. The molecule has 164 valence electrons. The molecule has 11 heteroatoms. The highest BCUT2D eigenvalue weighted by atomic mass is 19.4. The summed E-state index contributed by atoms with van der Waals surface area (Å²) in [7, 11) is 0. The Kier molecular flexibility index (Phi) is 5.54. The van der Waals surface area contributed by atoms with Crippen LogP contribution >= 0.6 is 0 Å². The van der Waals surface area contributed by atoms with Crippen LogP contribution in [-0.4, -0.2) is 21.6 Å². The first kappa shape index (κ1) is 21.0. The lowest BCUT2D eigenvalue weighted by Crippen LogP contribution is -2.17. The van der Waals surface area contributed by atoms with Gasteiger partial charge in [0, 0.05) is 18.1 Å². The van der Waals surface area contributed by atoms with Gasteiger partial charge >= 0.3 is 6.18 Å². The summed E-state index contributed by atoms with van der Waals surface area (Å²) in [5.74, 6) is -1.23. The van der Waals surface area contributed by atoms with Crippen molar-refractivity contribution in [3.05, 3.63) is 90.0 Å². The van der Waals surface area contributed by atoms with Crippen LogP contribution in [0.1, 0.15) is 32.2 Å². The first-order chi connectivity index (χ1) is 15.3. The van der Waals surface area contributed by atoms with Gasteiger partial charge in [0.05, 0.1) is 29.6 Å². The summed E-state index contributed by atoms with van der Waals surface area (Å²) in [6.07, 6.45) is 0.928. The van der Waals surface area contributed by atoms with Crippen molar-refractivity contribution in [2.75, 3.05) is 10.6 Å². The van der Waals surface area contributed by atoms with Gasteiger partial charge in [0.15, 0.2) is 5.76 Å². The van der Waals surface area contributed by atoms with Crippen molar-refractivity contribution in [3.63, 3.8) is 0 Å². The van der Waals surface area contributed by atoms with Crippen LogP contribution in [0, 0.1) is 0 Å². The van der Waals surface area contributed by atoms with Crippen LogP contribution in [0.3, 0.4) is 0 Å². The smallest absolute Gasteiger partial charge is 0.418 e. The fourth-order valence-electron chi connectivity index (χ4n) is 2.88. The zero-order chi connectivity index (χ0) is 22.7. The molecule has 0 saturated carbocycles. The van der Waals surface area contributed by atoms with Gasteiger partial charge in [0.1, 0.15) is 12.0 Å². The molecular weight excluding hydrogens is 429 g/mol. The molecular formula is C21H15F3N4O4. The third kappa shape index (κ3) is 4.72. The number of nitrogens with one attached hydrogen (secondary N) is 2. The molecule has 3 aromatic heterocycles. The zero-order valence-electron chi connectivity index (χ0n) is 16.2. The molecule has 3 heterocycles. The number of carbonyl (C=O) groups excluding carboxylic acids is 2. The highest BCUT2D eigenvalue weighted by Gasteiger charge is 2.34. The number of anilines is 2. The summed E-state index contributed by atoms with van der Waals surface area (Å²) in [5.41, 5.74) is -1.55. The average molecular weight is 444 g/mol. The highest BCUT2D eigenvalue weighted by Crippen LogP contribution is 2.37. The number of amides is 2. The minimum Gasteiger partial charge on any atom is -0.472 e. The number of alkyl halides is 3. The van der Waals surface area contributed by atoms with Crippen LogP contribution in [0.5, 0.6) is 0 Å². The van der Waals surface area contributed by atoms with Crippen molar-refractivity contribution in [1.29, 1.82) is 0 Å². The Morgan fingerprint density at radius 3 is 2.59 bits per heavy atom. The molecule has 0 radical (unpaired) electrons. The van der Waals surface area contributed by atoms with E-state index >= 15 is 0 Å². The Hall–Kier alpha value is -4.28. The number of nitrogens with zero attached hydrogens (tertiary/aromatic N) is 2. The van der Waals surface area contributed by atoms with Crippen LogP contribution in [0.25, 0.3) is 0 Å². The van der Waals surface area contributed by atoms with Crippen molar-refractivity contribution in [1.82, 2.24) is 9.78 Å². The summed E-state index contributed by atoms with van der Waals surface area (Å²) in [5, 5.41) is 8.58. The Labute approximate surface area is 178 Å². The predicted molar refractivity (Wildman–Crippen MR) is 106 cm³/mol. The highest BCUT2D eigenvalue weighted by molar-refractivity contribution is 6.05. The van der Waals surface area contributed by atoms with Crippen LogP contribution in [0.4, 0.5) is 24.5 Å². The van der Waals surface area contributed by atoms with Crippen molar-refractivity contribution >= 4 is 23.2 Å². The van der Waals surface area contributed by atoms with Crippen molar-refractivity contribution in [2.24, 2.45) is 0 Å². The van der Waals surface area contributed by atoms with Crippen LogP contribution in [0.2, 0.25) is 0 Å². The molecule has 2 N–H and O–H groups in total. The quantitative estimate of drug-likeness (QED) is 0.451. The minimum absolute atomic E-state index is 0.0963. The SMILES string of the molecule is O=C(Nc1ccc(NC(=O)c2ccc(Cn3cccn3)o2)c(C(F)(F)F)c1)c1ccoc1. The fraction of sp³-hybridized carbons (Fsp3) is 0.0952. The van der Waals surface area contributed by atoms with E-state index in [0.29, 0.717) is 5.76 Å². The number of aromatic nitrogens is 2.